The molecule has 0 spiro atoms. The van der Waals surface area contributed by atoms with Crippen LogP contribution in [0.15, 0.2) is 18.2 Å². The maximum Gasteiger partial charge on any atom is 0.258 e. The van der Waals surface area contributed by atoms with Crippen LogP contribution in [0.1, 0.15) is 70.4 Å². The normalized spacial score (nSPS) is 15.2. The van der Waals surface area contributed by atoms with Gasteiger partial charge in [0.05, 0.1) is 0 Å². The van der Waals surface area contributed by atoms with E-state index in [2.05, 4.69) is 39.1 Å². The fourth-order valence-corrected chi connectivity index (χ4v) is 3.68. The number of ether oxygens (including phenoxy) is 1. The maximum absolute atomic E-state index is 12.5. The van der Waals surface area contributed by atoms with Gasteiger partial charge in [0.25, 0.3) is 5.91 Å². The van der Waals surface area contributed by atoms with E-state index >= 15 is 0 Å². The highest BCUT2D eigenvalue weighted by Crippen LogP contribution is 2.24. The monoisotopic (exact) mass is 388 g/mol. The van der Waals surface area contributed by atoms with E-state index in [1.165, 1.54) is 5.56 Å². The quantitative estimate of drug-likeness (QED) is 0.731. The van der Waals surface area contributed by atoms with Crippen LogP contribution in [0.3, 0.4) is 0 Å². The number of hydrogen-bond donors (Lipinski definition) is 1. The molecule has 0 bridgehead atoms. The largest absolute Gasteiger partial charge is 0.483 e. The summed E-state index contributed by atoms with van der Waals surface area (Å²) >= 11 is 0. The fraction of sp³-hybridized carbons (Fsp3) is 0.652. The van der Waals surface area contributed by atoms with Gasteiger partial charge in [-0.15, -0.1) is 0 Å². The molecule has 28 heavy (non-hydrogen) atoms. The lowest BCUT2D eigenvalue weighted by Gasteiger charge is -2.34. The molecule has 1 aliphatic heterocycles. The summed E-state index contributed by atoms with van der Waals surface area (Å²) in [6.45, 7) is 11.9. The zero-order chi connectivity index (χ0) is 20.7. The number of aryl methyl sites for hydroxylation is 1. The summed E-state index contributed by atoms with van der Waals surface area (Å²) in [5.41, 5.74) is 2.24. The number of likely N-dealkylation sites (tertiary alicyclic amines) is 1. The Labute approximate surface area is 169 Å². The molecule has 5 heteroatoms. The van der Waals surface area contributed by atoms with E-state index in [0.29, 0.717) is 5.92 Å². The number of carbonyl (C=O) groups is 2. The second-order valence-electron chi connectivity index (χ2n) is 8.15. The Hall–Kier alpha value is -2.04. The Balaban J connectivity index is 1.79. The van der Waals surface area contributed by atoms with Crippen LogP contribution in [0.4, 0.5) is 0 Å². The number of nitrogens with zero attached hydrogens (tertiary/aromatic N) is 1. The summed E-state index contributed by atoms with van der Waals surface area (Å²) in [6, 6.07) is 6.28. The number of piperidine rings is 1. The van der Waals surface area contributed by atoms with Crippen molar-refractivity contribution in [3.8, 4) is 5.75 Å². The molecule has 0 radical (unpaired) electrons. The molecule has 1 N–H and O–H groups in total. The lowest BCUT2D eigenvalue weighted by atomic mass is 9.98. The number of nitrogens with one attached hydrogen (secondary N) is 1. The molecule has 1 aliphatic rings. The number of benzene rings is 1. The second kappa shape index (κ2) is 10.5. The molecule has 5 nitrogen and oxygen atoms in total. The van der Waals surface area contributed by atoms with Crippen LogP contribution in [-0.2, 0) is 9.59 Å². The average Bonchev–Trinajstić information content (AvgIpc) is 2.68. The van der Waals surface area contributed by atoms with Gasteiger partial charge < -0.3 is 15.0 Å². The first-order valence-electron chi connectivity index (χ1n) is 10.7. The van der Waals surface area contributed by atoms with Crippen molar-refractivity contribution in [3.05, 3.63) is 29.3 Å². The predicted molar refractivity (Wildman–Crippen MR) is 113 cm³/mol. The molecule has 1 heterocycles. The first-order chi connectivity index (χ1) is 13.3. The lowest BCUT2D eigenvalue weighted by molar-refractivity contribution is -0.137. The Morgan fingerprint density at radius 1 is 1.18 bits per heavy atom. The molecule has 0 aliphatic carbocycles. The van der Waals surface area contributed by atoms with Crippen molar-refractivity contribution >= 4 is 11.8 Å². The minimum atomic E-state index is -0.0980. The van der Waals surface area contributed by atoms with Gasteiger partial charge in [-0.3, -0.25) is 9.59 Å². The molecule has 0 aromatic heterocycles. The fourth-order valence-electron chi connectivity index (χ4n) is 3.68. The number of hydrogen-bond acceptors (Lipinski definition) is 3. The minimum absolute atomic E-state index is 0.0231. The third kappa shape index (κ3) is 5.98. The average molecular weight is 389 g/mol. The zero-order valence-corrected chi connectivity index (χ0v) is 18.1. The van der Waals surface area contributed by atoms with Gasteiger partial charge in [-0.25, -0.2) is 0 Å². The van der Waals surface area contributed by atoms with Crippen molar-refractivity contribution in [1.29, 1.82) is 0 Å². The summed E-state index contributed by atoms with van der Waals surface area (Å²) in [6.07, 6.45) is 3.39. The minimum Gasteiger partial charge on any atom is -0.483 e. The van der Waals surface area contributed by atoms with Gasteiger partial charge in [0.1, 0.15) is 5.75 Å². The second-order valence-corrected chi connectivity index (χ2v) is 8.15. The molecular weight excluding hydrogens is 352 g/mol. The molecular formula is C23H36N2O3. The molecule has 2 amide bonds. The van der Waals surface area contributed by atoms with Crippen LogP contribution < -0.4 is 10.1 Å². The number of carbonyl (C=O) groups excluding carboxylic acids is 2. The molecule has 0 saturated carbocycles. The molecule has 1 aromatic rings. The van der Waals surface area contributed by atoms with Crippen molar-refractivity contribution in [1.82, 2.24) is 10.2 Å². The van der Waals surface area contributed by atoms with Gasteiger partial charge >= 0.3 is 0 Å². The van der Waals surface area contributed by atoms with Crippen LogP contribution >= 0.6 is 0 Å². The highest BCUT2D eigenvalue weighted by Gasteiger charge is 2.27. The van der Waals surface area contributed by atoms with Gasteiger partial charge in [0.2, 0.25) is 5.91 Å². The van der Waals surface area contributed by atoms with Crippen LogP contribution in [0.2, 0.25) is 0 Å². The van der Waals surface area contributed by atoms with Gasteiger partial charge in [0.15, 0.2) is 6.61 Å². The predicted octanol–water partition coefficient (Wildman–Crippen LogP) is 4.04. The van der Waals surface area contributed by atoms with E-state index < -0.39 is 0 Å². The molecule has 0 atom stereocenters. The van der Waals surface area contributed by atoms with E-state index in [0.717, 1.165) is 50.1 Å². The smallest absolute Gasteiger partial charge is 0.258 e. The van der Waals surface area contributed by atoms with Crippen LogP contribution in [0.5, 0.6) is 5.75 Å². The van der Waals surface area contributed by atoms with Crippen molar-refractivity contribution in [2.45, 2.75) is 72.3 Å². The molecule has 1 aromatic carbocycles. The number of rotatable bonds is 8. The van der Waals surface area contributed by atoms with E-state index in [-0.39, 0.29) is 30.4 Å². The highest BCUT2D eigenvalue weighted by atomic mass is 16.5. The lowest BCUT2D eigenvalue weighted by Crippen LogP contribution is -2.48. The van der Waals surface area contributed by atoms with Crippen molar-refractivity contribution in [2.75, 3.05) is 19.7 Å². The summed E-state index contributed by atoms with van der Waals surface area (Å²) in [4.78, 5) is 26.7. The van der Waals surface area contributed by atoms with Crippen molar-refractivity contribution in [2.24, 2.45) is 5.92 Å². The summed E-state index contributed by atoms with van der Waals surface area (Å²) in [7, 11) is 0. The van der Waals surface area contributed by atoms with Gasteiger partial charge in [0, 0.05) is 25.0 Å². The molecule has 2 rings (SSSR count). The Bertz CT molecular complexity index is 660. The van der Waals surface area contributed by atoms with E-state index in [4.69, 9.17) is 4.74 Å². The molecule has 0 unspecified atom stereocenters. The maximum atomic E-state index is 12.5. The molecule has 1 saturated heterocycles. The van der Waals surface area contributed by atoms with Gasteiger partial charge in [-0.2, -0.15) is 0 Å². The topological polar surface area (TPSA) is 58.6 Å². The van der Waals surface area contributed by atoms with Crippen LogP contribution in [0.25, 0.3) is 0 Å². The number of amides is 2. The SMILES string of the molecule is CCC(CC)C(=O)N1CCC(NC(=O)COc2cc(C(C)C)ccc2C)CC1. The van der Waals surface area contributed by atoms with Crippen LogP contribution in [-0.4, -0.2) is 42.5 Å². The Morgan fingerprint density at radius 2 is 1.82 bits per heavy atom. The first-order valence-corrected chi connectivity index (χ1v) is 10.7. The standard InChI is InChI=1S/C23H36N2O3/c1-6-18(7-2)23(27)25-12-10-20(11-13-25)24-22(26)15-28-21-14-19(16(3)4)9-8-17(21)5/h8-9,14,16,18,20H,6-7,10-13,15H2,1-5H3,(H,24,26). The summed E-state index contributed by atoms with van der Waals surface area (Å²) in [5.74, 6) is 1.48. The zero-order valence-electron chi connectivity index (χ0n) is 18.1. The Kier molecular flexibility index (Phi) is 8.34. The van der Waals surface area contributed by atoms with Gasteiger partial charge in [-0.05, 0) is 55.7 Å². The summed E-state index contributed by atoms with van der Waals surface area (Å²) < 4.78 is 5.77. The molecule has 156 valence electrons. The highest BCUT2D eigenvalue weighted by molar-refractivity contribution is 5.79. The third-order valence-corrected chi connectivity index (χ3v) is 5.74. The first kappa shape index (κ1) is 22.3. The van der Waals surface area contributed by atoms with Crippen molar-refractivity contribution in [3.63, 3.8) is 0 Å². The molecule has 1 fully saturated rings. The Morgan fingerprint density at radius 3 is 2.39 bits per heavy atom. The van der Waals surface area contributed by atoms with Crippen molar-refractivity contribution < 1.29 is 14.3 Å². The van der Waals surface area contributed by atoms with E-state index in [9.17, 15) is 9.59 Å². The summed E-state index contributed by atoms with van der Waals surface area (Å²) in [5, 5.41) is 3.06. The van der Waals surface area contributed by atoms with E-state index in [1.807, 2.05) is 24.0 Å². The van der Waals surface area contributed by atoms with Crippen LogP contribution in [0, 0.1) is 12.8 Å². The third-order valence-electron chi connectivity index (χ3n) is 5.74. The van der Waals surface area contributed by atoms with E-state index in [1.54, 1.807) is 0 Å². The van der Waals surface area contributed by atoms with Gasteiger partial charge in [-0.1, -0.05) is 39.8 Å².